The lowest BCUT2D eigenvalue weighted by Crippen LogP contribution is -2.29. The van der Waals surface area contributed by atoms with Gasteiger partial charge in [-0.3, -0.25) is 4.79 Å². The molecule has 0 amide bonds. The number of esters is 1. The van der Waals surface area contributed by atoms with Gasteiger partial charge in [0.25, 0.3) is 0 Å². The number of allylic oxidation sites excluding steroid dienone is 2. The highest BCUT2D eigenvalue weighted by molar-refractivity contribution is 6.31. The molecule has 0 spiro atoms. The van der Waals surface area contributed by atoms with E-state index >= 15 is 0 Å². The van der Waals surface area contributed by atoms with E-state index in [0.29, 0.717) is 34.0 Å². The van der Waals surface area contributed by atoms with E-state index in [1.807, 2.05) is 85.9 Å². The standard InChI is InChI=1S/C30H23ClN2O3/c1-17-25(30(35)36-2)26(27-28(32-17)20-11-4-5-12-21(20)29(27)34)22-16-33(24-14-8-6-10-19(22)24)15-18-9-3-7-13-23(18)31/h3-14,16,26,32H,15H2,1-2H3/t26-/m0/s1. The second kappa shape index (κ2) is 8.54. The Morgan fingerprint density at radius 2 is 1.69 bits per heavy atom. The Hall–Kier alpha value is -4.09. The lowest BCUT2D eigenvalue weighted by molar-refractivity contribution is -0.136. The van der Waals surface area contributed by atoms with E-state index < -0.39 is 11.9 Å². The summed E-state index contributed by atoms with van der Waals surface area (Å²) in [7, 11) is 1.37. The number of ether oxygens (including phenoxy) is 1. The van der Waals surface area contributed by atoms with Crippen LogP contribution in [-0.4, -0.2) is 23.4 Å². The SMILES string of the molecule is COC(=O)C1=C(C)NC2=C(C(=O)c3ccccc32)[C@H]1c1cn(Cc2ccccc2Cl)c2ccccc12. The van der Waals surface area contributed by atoms with Gasteiger partial charge in [-0.2, -0.15) is 0 Å². The maximum atomic E-state index is 13.8. The summed E-state index contributed by atoms with van der Waals surface area (Å²) in [6.45, 7) is 2.42. The Morgan fingerprint density at radius 1 is 1.00 bits per heavy atom. The maximum Gasteiger partial charge on any atom is 0.336 e. The highest BCUT2D eigenvalue weighted by atomic mass is 35.5. The fraction of sp³-hybridized carbons (Fsp3) is 0.133. The van der Waals surface area contributed by atoms with Gasteiger partial charge < -0.3 is 14.6 Å². The maximum absolute atomic E-state index is 13.8. The number of carbonyl (C=O) groups excluding carboxylic acids is 2. The van der Waals surface area contributed by atoms with E-state index in [-0.39, 0.29) is 5.78 Å². The number of nitrogens with zero attached hydrogens (tertiary/aromatic N) is 1. The molecule has 2 heterocycles. The van der Waals surface area contributed by atoms with Crippen LogP contribution in [0.1, 0.15) is 39.9 Å². The molecule has 1 aliphatic heterocycles. The number of nitrogens with one attached hydrogen (secondary N) is 1. The molecular formula is C30H23ClN2O3. The lowest BCUT2D eigenvalue weighted by Gasteiger charge is -2.28. The fourth-order valence-corrected chi connectivity index (χ4v) is 5.66. The van der Waals surface area contributed by atoms with Gasteiger partial charge in [-0.25, -0.2) is 4.79 Å². The van der Waals surface area contributed by atoms with E-state index in [9.17, 15) is 9.59 Å². The molecule has 36 heavy (non-hydrogen) atoms. The van der Waals surface area contributed by atoms with Gasteiger partial charge >= 0.3 is 5.97 Å². The van der Waals surface area contributed by atoms with Gasteiger partial charge in [-0.05, 0) is 30.2 Å². The van der Waals surface area contributed by atoms with Gasteiger partial charge in [-0.1, -0.05) is 72.3 Å². The molecule has 2 aliphatic rings. The Balaban J connectivity index is 1.59. The number of aromatic nitrogens is 1. The van der Waals surface area contributed by atoms with Crippen molar-refractivity contribution in [2.24, 2.45) is 0 Å². The third-order valence-electron chi connectivity index (χ3n) is 7.08. The van der Waals surface area contributed by atoms with Crippen molar-refractivity contribution >= 4 is 40.0 Å². The monoisotopic (exact) mass is 494 g/mol. The Labute approximate surface area is 213 Å². The van der Waals surface area contributed by atoms with Crippen LogP contribution in [0.3, 0.4) is 0 Å². The van der Waals surface area contributed by atoms with Crippen molar-refractivity contribution in [2.45, 2.75) is 19.4 Å². The Kier molecular flexibility index (Phi) is 5.31. The molecular weight excluding hydrogens is 472 g/mol. The smallest absolute Gasteiger partial charge is 0.336 e. The van der Waals surface area contributed by atoms with Gasteiger partial charge in [-0.15, -0.1) is 0 Å². The fourth-order valence-electron chi connectivity index (χ4n) is 5.47. The van der Waals surface area contributed by atoms with Crippen molar-refractivity contribution in [1.82, 2.24) is 9.88 Å². The number of Topliss-reactive ketones (excluding diaryl/α,β-unsaturated/α-hetero) is 1. The molecule has 5 nitrogen and oxygen atoms in total. The molecule has 0 radical (unpaired) electrons. The van der Waals surface area contributed by atoms with Crippen LogP contribution in [0.5, 0.6) is 0 Å². The van der Waals surface area contributed by atoms with Crippen LogP contribution in [-0.2, 0) is 16.1 Å². The molecule has 3 aromatic carbocycles. The molecule has 1 N–H and O–H groups in total. The first kappa shape index (κ1) is 22.4. The number of halogens is 1. The van der Waals surface area contributed by atoms with Crippen LogP contribution in [0.4, 0.5) is 0 Å². The summed E-state index contributed by atoms with van der Waals surface area (Å²) >= 11 is 6.48. The summed E-state index contributed by atoms with van der Waals surface area (Å²) in [5, 5.41) is 5.01. The largest absolute Gasteiger partial charge is 0.466 e. The number of rotatable bonds is 4. The summed E-state index contributed by atoms with van der Waals surface area (Å²) in [6.07, 6.45) is 2.04. The zero-order chi connectivity index (χ0) is 25.0. The molecule has 0 bridgehead atoms. The second-order valence-electron chi connectivity index (χ2n) is 9.07. The third kappa shape index (κ3) is 3.31. The van der Waals surface area contributed by atoms with Crippen molar-refractivity contribution in [3.8, 4) is 0 Å². The lowest BCUT2D eigenvalue weighted by atomic mass is 9.79. The average Bonchev–Trinajstić information content (AvgIpc) is 3.40. The molecule has 1 aromatic heterocycles. The molecule has 0 saturated carbocycles. The number of ketones is 1. The molecule has 1 atom stereocenters. The van der Waals surface area contributed by atoms with Crippen LogP contribution in [0.25, 0.3) is 16.6 Å². The average molecular weight is 495 g/mol. The van der Waals surface area contributed by atoms with Crippen molar-refractivity contribution in [3.05, 3.63) is 123 Å². The first-order chi connectivity index (χ1) is 17.5. The van der Waals surface area contributed by atoms with Crippen molar-refractivity contribution < 1.29 is 14.3 Å². The topological polar surface area (TPSA) is 60.3 Å². The summed E-state index contributed by atoms with van der Waals surface area (Å²) in [4.78, 5) is 26.9. The molecule has 1 aliphatic carbocycles. The molecule has 4 aromatic rings. The zero-order valence-corrected chi connectivity index (χ0v) is 20.6. The van der Waals surface area contributed by atoms with Gasteiger partial charge in [0.15, 0.2) is 5.78 Å². The number of fused-ring (bicyclic) bond motifs is 3. The number of carbonyl (C=O) groups is 2. The Morgan fingerprint density at radius 3 is 2.47 bits per heavy atom. The molecule has 0 saturated heterocycles. The number of hydrogen-bond acceptors (Lipinski definition) is 4. The summed E-state index contributed by atoms with van der Waals surface area (Å²) < 4.78 is 7.34. The minimum absolute atomic E-state index is 0.0741. The van der Waals surface area contributed by atoms with Crippen LogP contribution in [0.2, 0.25) is 5.02 Å². The predicted molar refractivity (Wildman–Crippen MR) is 141 cm³/mol. The quantitative estimate of drug-likeness (QED) is 0.349. The first-order valence-electron chi connectivity index (χ1n) is 11.7. The van der Waals surface area contributed by atoms with Crippen LogP contribution < -0.4 is 5.32 Å². The van der Waals surface area contributed by atoms with Gasteiger partial charge in [0.2, 0.25) is 0 Å². The summed E-state index contributed by atoms with van der Waals surface area (Å²) in [5.41, 5.74) is 6.81. The molecule has 0 unspecified atom stereocenters. The summed E-state index contributed by atoms with van der Waals surface area (Å²) in [6, 6.07) is 23.4. The molecule has 0 fully saturated rings. The van der Waals surface area contributed by atoms with Gasteiger partial charge in [0.05, 0.1) is 24.3 Å². The molecule has 178 valence electrons. The predicted octanol–water partition coefficient (Wildman–Crippen LogP) is 6.08. The van der Waals surface area contributed by atoms with E-state index in [1.165, 1.54) is 7.11 Å². The minimum Gasteiger partial charge on any atom is -0.466 e. The van der Waals surface area contributed by atoms with Gasteiger partial charge in [0, 0.05) is 51.1 Å². The van der Waals surface area contributed by atoms with E-state index in [1.54, 1.807) is 0 Å². The third-order valence-corrected chi connectivity index (χ3v) is 7.45. The molecule has 6 heteroatoms. The number of hydrogen-bond donors (Lipinski definition) is 1. The van der Waals surface area contributed by atoms with Crippen LogP contribution >= 0.6 is 11.6 Å². The van der Waals surface area contributed by atoms with Crippen LogP contribution in [0.15, 0.2) is 95.8 Å². The van der Waals surface area contributed by atoms with E-state index in [2.05, 4.69) is 9.88 Å². The Bertz CT molecular complexity index is 1640. The zero-order valence-electron chi connectivity index (χ0n) is 19.8. The highest BCUT2D eigenvalue weighted by Crippen LogP contribution is 2.48. The summed E-state index contributed by atoms with van der Waals surface area (Å²) in [5.74, 6) is -1.11. The van der Waals surface area contributed by atoms with Crippen molar-refractivity contribution in [3.63, 3.8) is 0 Å². The first-order valence-corrected chi connectivity index (χ1v) is 12.1. The van der Waals surface area contributed by atoms with Crippen molar-refractivity contribution in [1.29, 1.82) is 0 Å². The number of methoxy groups -OCH3 is 1. The highest BCUT2D eigenvalue weighted by Gasteiger charge is 2.43. The number of benzene rings is 3. The van der Waals surface area contributed by atoms with Crippen LogP contribution in [0, 0.1) is 0 Å². The van der Waals surface area contributed by atoms with E-state index in [0.717, 1.165) is 33.3 Å². The normalized spacial score (nSPS) is 16.8. The van der Waals surface area contributed by atoms with Crippen molar-refractivity contribution in [2.75, 3.05) is 7.11 Å². The second-order valence-corrected chi connectivity index (χ2v) is 9.48. The molecule has 6 rings (SSSR count). The van der Waals surface area contributed by atoms with E-state index in [4.69, 9.17) is 16.3 Å². The number of dihydropyridines is 1. The van der Waals surface area contributed by atoms with Gasteiger partial charge in [0.1, 0.15) is 0 Å². The number of para-hydroxylation sites is 1. The minimum atomic E-state index is -0.578.